The molecule has 0 aliphatic carbocycles. The van der Waals surface area contributed by atoms with Gasteiger partial charge in [-0.1, -0.05) is 99.4 Å². The van der Waals surface area contributed by atoms with Gasteiger partial charge in [-0.25, -0.2) is 9.97 Å². The molecule has 6 rings (SSSR count). The van der Waals surface area contributed by atoms with Crippen molar-refractivity contribution in [2.24, 2.45) is 11.8 Å². The molecular formula is C36H42Cl2N6O2. The number of benzene rings is 2. The molecule has 2 saturated heterocycles. The second-order valence-corrected chi connectivity index (χ2v) is 14.2. The predicted octanol–water partition coefficient (Wildman–Crippen LogP) is 8.86. The van der Waals surface area contributed by atoms with Crippen LogP contribution in [-0.2, 0) is 9.59 Å². The van der Waals surface area contributed by atoms with Crippen molar-refractivity contribution < 1.29 is 9.59 Å². The third-order valence-corrected chi connectivity index (χ3v) is 9.50. The van der Waals surface area contributed by atoms with E-state index in [9.17, 15) is 9.59 Å². The first-order chi connectivity index (χ1) is 22.1. The van der Waals surface area contributed by atoms with Gasteiger partial charge in [0.25, 0.3) is 0 Å². The molecule has 0 bridgehead atoms. The lowest BCUT2D eigenvalue weighted by Crippen LogP contribution is -2.31. The first-order valence-corrected chi connectivity index (χ1v) is 17.2. The average molecular weight is 662 g/mol. The Hall–Kier alpha value is -3.62. The number of nitrogens with one attached hydrogen (secondary N) is 2. The fourth-order valence-electron chi connectivity index (χ4n) is 6.71. The molecule has 2 amide bonds. The van der Waals surface area contributed by atoms with Crippen LogP contribution in [0.2, 0.25) is 10.3 Å². The van der Waals surface area contributed by atoms with E-state index in [1.807, 2.05) is 34.1 Å². The molecule has 2 aromatic heterocycles. The number of amides is 2. The lowest BCUT2D eigenvalue weighted by molar-refractivity contribution is -0.133. The van der Waals surface area contributed by atoms with Crippen LogP contribution in [0, 0.1) is 11.8 Å². The number of hydrogen-bond donors (Lipinski definition) is 2. The molecule has 2 aliphatic heterocycles. The van der Waals surface area contributed by atoms with Gasteiger partial charge in [0.05, 0.1) is 12.1 Å². The second kappa shape index (κ2) is 13.6. The van der Waals surface area contributed by atoms with E-state index in [4.69, 9.17) is 33.2 Å². The Morgan fingerprint density at radius 3 is 1.37 bits per heavy atom. The van der Waals surface area contributed by atoms with Crippen molar-refractivity contribution in [2.75, 3.05) is 13.1 Å². The summed E-state index contributed by atoms with van der Waals surface area (Å²) in [6.07, 6.45) is 4.75. The highest BCUT2D eigenvalue weighted by Crippen LogP contribution is 2.37. The summed E-state index contributed by atoms with van der Waals surface area (Å²) >= 11 is 13.3. The van der Waals surface area contributed by atoms with Crippen LogP contribution < -0.4 is 0 Å². The van der Waals surface area contributed by atoms with Crippen molar-refractivity contribution in [2.45, 2.75) is 78.3 Å². The first-order valence-electron chi connectivity index (χ1n) is 16.4. The first kappa shape index (κ1) is 32.3. The van der Waals surface area contributed by atoms with Gasteiger partial charge in [-0.05, 0) is 48.6 Å². The van der Waals surface area contributed by atoms with Crippen LogP contribution in [0.15, 0.2) is 48.5 Å². The molecule has 10 heteroatoms. The zero-order valence-electron chi connectivity index (χ0n) is 26.9. The Labute approximate surface area is 280 Å². The highest BCUT2D eigenvalue weighted by Gasteiger charge is 2.34. The zero-order chi connectivity index (χ0) is 32.5. The topological polar surface area (TPSA) is 98.0 Å². The molecule has 4 aromatic rings. The summed E-state index contributed by atoms with van der Waals surface area (Å²) in [6, 6.07) is 16.2. The van der Waals surface area contributed by atoms with Gasteiger partial charge in [0.15, 0.2) is 0 Å². The summed E-state index contributed by atoms with van der Waals surface area (Å²) < 4.78 is 0. The summed E-state index contributed by atoms with van der Waals surface area (Å²) in [5.41, 5.74) is 5.32. The number of rotatable bonds is 9. The highest BCUT2D eigenvalue weighted by molar-refractivity contribution is 6.32. The van der Waals surface area contributed by atoms with E-state index < -0.39 is 0 Å². The molecular weight excluding hydrogens is 619 g/mol. The monoisotopic (exact) mass is 660 g/mol. The Bertz CT molecular complexity index is 1570. The number of likely N-dealkylation sites (tertiary alicyclic amines) is 2. The van der Waals surface area contributed by atoms with Gasteiger partial charge in [-0.2, -0.15) is 0 Å². The minimum absolute atomic E-state index is 0.0705. The molecule has 0 unspecified atom stereocenters. The molecule has 2 N–H and O–H groups in total. The maximum atomic E-state index is 12.8. The summed E-state index contributed by atoms with van der Waals surface area (Å²) in [6.45, 7) is 9.77. The van der Waals surface area contributed by atoms with Crippen molar-refractivity contribution in [3.8, 4) is 33.6 Å². The van der Waals surface area contributed by atoms with E-state index in [1.165, 1.54) is 0 Å². The van der Waals surface area contributed by atoms with Gasteiger partial charge >= 0.3 is 0 Å². The van der Waals surface area contributed by atoms with E-state index in [-0.39, 0.29) is 23.9 Å². The zero-order valence-corrected chi connectivity index (χ0v) is 28.5. The highest BCUT2D eigenvalue weighted by atomic mass is 35.5. The Morgan fingerprint density at radius 2 is 1.02 bits per heavy atom. The molecule has 2 aromatic carbocycles. The van der Waals surface area contributed by atoms with Crippen LogP contribution >= 0.6 is 23.2 Å². The van der Waals surface area contributed by atoms with Crippen molar-refractivity contribution in [1.29, 1.82) is 0 Å². The predicted molar refractivity (Wildman–Crippen MR) is 183 cm³/mol. The van der Waals surface area contributed by atoms with Gasteiger partial charge in [0.1, 0.15) is 33.3 Å². The number of imidazole rings is 2. The van der Waals surface area contributed by atoms with Crippen molar-refractivity contribution in [1.82, 2.24) is 29.7 Å². The smallest absolute Gasteiger partial charge is 0.223 e. The lowest BCUT2D eigenvalue weighted by atomic mass is 10.0. The number of aromatic nitrogens is 4. The average Bonchev–Trinajstić information content (AvgIpc) is 3.83. The Morgan fingerprint density at radius 1 is 0.674 bits per heavy atom. The molecule has 0 spiro atoms. The number of carbonyl (C=O) groups is 2. The third kappa shape index (κ3) is 6.74. The van der Waals surface area contributed by atoms with Crippen LogP contribution in [0.3, 0.4) is 0 Å². The Balaban J connectivity index is 1.16. The second-order valence-electron chi connectivity index (χ2n) is 13.4. The van der Waals surface area contributed by atoms with Crippen LogP contribution in [-0.4, -0.2) is 54.6 Å². The molecule has 2 aliphatic rings. The molecule has 4 heterocycles. The van der Waals surface area contributed by atoms with Crippen molar-refractivity contribution in [3.63, 3.8) is 0 Å². The van der Waals surface area contributed by atoms with E-state index >= 15 is 0 Å². The quantitative estimate of drug-likeness (QED) is 0.187. The lowest BCUT2D eigenvalue weighted by Gasteiger charge is -2.24. The number of nitrogens with zero attached hydrogens (tertiary/aromatic N) is 4. The van der Waals surface area contributed by atoms with Gasteiger partial charge in [-0.3, -0.25) is 9.59 Å². The number of aromatic amines is 2. The Kier molecular flexibility index (Phi) is 9.57. The van der Waals surface area contributed by atoms with Crippen LogP contribution in [0.4, 0.5) is 0 Å². The van der Waals surface area contributed by atoms with Gasteiger partial charge in [-0.15, -0.1) is 0 Å². The number of H-pyrrole nitrogens is 2. The fourth-order valence-corrected chi connectivity index (χ4v) is 7.21. The molecule has 0 radical (unpaired) electrons. The van der Waals surface area contributed by atoms with Crippen LogP contribution in [0.1, 0.15) is 90.0 Å². The van der Waals surface area contributed by atoms with Gasteiger partial charge < -0.3 is 19.8 Å². The number of carbonyl (C=O) groups excluding carboxylic acids is 2. The third-order valence-electron chi connectivity index (χ3n) is 8.95. The van der Waals surface area contributed by atoms with E-state index in [0.717, 1.165) is 72.7 Å². The van der Waals surface area contributed by atoms with Crippen LogP contribution in [0.25, 0.3) is 33.6 Å². The van der Waals surface area contributed by atoms with Crippen LogP contribution in [0.5, 0.6) is 0 Å². The van der Waals surface area contributed by atoms with Gasteiger partial charge in [0.2, 0.25) is 11.8 Å². The maximum Gasteiger partial charge on any atom is 0.223 e. The summed E-state index contributed by atoms with van der Waals surface area (Å²) in [5.74, 6) is 2.47. The number of halogens is 2. The SMILES string of the molecule is CC(C)CC(=O)N1CCC[C@H]1c1nc(-c2ccc(-c3ccc(-c4nc([C@@H]5CCCN5C(=O)CC(C)C)[nH]c4Cl)cc3)cc2)c(Cl)[nH]1. The fraction of sp³-hybridized carbons (Fsp3) is 0.444. The standard InChI is InChI=1S/C36H42Cl2N6O2/c1-21(2)19-29(45)43-17-5-7-27(43)35-39-31(33(37)41-35)25-13-9-23(10-14-25)24-11-15-26(16-12-24)32-34(38)42-36(40-32)28-8-6-18-44(28)30(46)20-22(3)4/h9-16,21-22,27-28H,5-8,17-20H2,1-4H3,(H,39,41)(H,40,42)/t27-,28-/m0/s1. The van der Waals surface area contributed by atoms with E-state index in [1.54, 1.807) is 0 Å². The number of hydrogen-bond acceptors (Lipinski definition) is 4. The molecule has 2 atom stereocenters. The molecule has 46 heavy (non-hydrogen) atoms. The normalized spacial score (nSPS) is 18.3. The summed E-state index contributed by atoms with van der Waals surface area (Å²) in [4.78, 5) is 45.8. The molecule has 242 valence electrons. The maximum absolute atomic E-state index is 12.8. The molecule has 0 saturated carbocycles. The summed E-state index contributed by atoms with van der Waals surface area (Å²) in [7, 11) is 0. The summed E-state index contributed by atoms with van der Waals surface area (Å²) in [5, 5.41) is 0.964. The van der Waals surface area contributed by atoms with Crippen molar-refractivity contribution >= 4 is 35.0 Å². The minimum Gasteiger partial charge on any atom is -0.333 e. The van der Waals surface area contributed by atoms with Gasteiger partial charge in [0, 0.05) is 37.1 Å². The molecule has 2 fully saturated rings. The van der Waals surface area contributed by atoms with Crippen molar-refractivity contribution in [3.05, 3.63) is 70.5 Å². The van der Waals surface area contributed by atoms with E-state index in [2.05, 4.69) is 61.9 Å². The van der Waals surface area contributed by atoms with E-state index in [0.29, 0.717) is 46.4 Å². The largest absolute Gasteiger partial charge is 0.333 e. The molecule has 8 nitrogen and oxygen atoms in total. The minimum atomic E-state index is -0.0705.